The molecule has 2 nitrogen and oxygen atoms in total. The summed E-state index contributed by atoms with van der Waals surface area (Å²) in [4.78, 5) is 12.0. The van der Waals surface area contributed by atoms with Gasteiger partial charge >= 0.3 is 0 Å². The van der Waals surface area contributed by atoms with E-state index in [0.29, 0.717) is 5.69 Å². The number of amides is 1. The highest BCUT2D eigenvalue weighted by Gasteiger charge is 2.16. The number of carbonyl (C=O) groups excluding carboxylic acids is 1. The summed E-state index contributed by atoms with van der Waals surface area (Å²) in [6.45, 7) is 0. The van der Waals surface area contributed by atoms with Gasteiger partial charge < -0.3 is 5.32 Å². The lowest BCUT2D eigenvalue weighted by atomic mass is 10.2. The Morgan fingerprint density at radius 2 is 2.05 bits per heavy atom. The van der Waals surface area contributed by atoms with Gasteiger partial charge in [-0.3, -0.25) is 4.79 Å². The zero-order chi connectivity index (χ0) is 14.0. The quantitative estimate of drug-likeness (QED) is 0.629. The lowest BCUT2D eigenvalue weighted by molar-refractivity contribution is 0.102. The Labute approximate surface area is 136 Å². The molecule has 0 unspecified atom stereocenters. The Kier molecular flexibility index (Phi) is 4.81. The molecule has 1 N–H and O–H groups in total. The Morgan fingerprint density at radius 3 is 2.68 bits per heavy atom. The molecule has 0 aliphatic rings. The van der Waals surface area contributed by atoms with Crippen LogP contribution in [0.25, 0.3) is 0 Å². The summed E-state index contributed by atoms with van der Waals surface area (Å²) in [5, 5.41) is 2.71. The topological polar surface area (TPSA) is 29.1 Å². The third-order valence-corrected chi connectivity index (χ3v) is 5.01. The number of hydrogen-bond acceptors (Lipinski definition) is 1. The number of anilines is 1. The van der Waals surface area contributed by atoms with Gasteiger partial charge in [0.25, 0.3) is 5.91 Å². The van der Waals surface area contributed by atoms with E-state index in [0.717, 1.165) is 8.04 Å². The van der Waals surface area contributed by atoms with Crippen molar-refractivity contribution in [2.75, 3.05) is 5.32 Å². The van der Waals surface area contributed by atoms with Crippen LogP contribution in [0, 0.1) is 9.39 Å². The number of rotatable bonds is 2. The second-order valence-corrected chi connectivity index (χ2v) is 6.10. The van der Waals surface area contributed by atoms with Crippen LogP contribution in [-0.4, -0.2) is 5.91 Å². The van der Waals surface area contributed by atoms with Crippen LogP contribution in [0.1, 0.15) is 10.4 Å². The third-order valence-electron chi connectivity index (χ3n) is 2.37. The van der Waals surface area contributed by atoms with Crippen LogP contribution in [0.4, 0.5) is 10.1 Å². The van der Waals surface area contributed by atoms with E-state index in [4.69, 9.17) is 11.6 Å². The highest BCUT2D eigenvalue weighted by Crippen LogP contribution is 2.24. The molecule has 0 fully saturated rings. The van der Waals surface area contributed by atoms with Crippen molar-refractivity contribution in [3.63, 3.8) is 0 Å². The molecule has 0 aliphatic heterocycles. The van der Waals surface area contributed by atoms with Crippen molar-refractivity contribution in [3.05, 3.63) is 60.8 Å². The van der Waals surface area contributed by atoms with Crippen LogP contribution < -0.4 is 5.32 Å². The molecule has 2 aromatic rings. The smallest absolute Gasteiger partial charge is 0.260 e. The molecule has 2 aromatic carbocycles. The van der Waals surface area contributed by atoms with Gasteiger partial charge in [-0.1, -0.05) is 17.7 Å². The van der Waals surface area contributed by atoms with Gasteiger partial charge in [0.05, 0.1) is 10.6 Å². The molecule has 6 heteroatoms. The summed E-state index contributed by atoms with van der Waals surface area (Å²) >= 11 is 11.3. The second kappa shape index (κ2) is 6.19. The highest BCUT2D eigenvalue weighted by molar-refractivity contribution is 14.1. The summed E-state index contributed by atoms with van der Waals surface area (Å²) < 4.78 is 15.5. The molecule has 19 heavy (non-hydrogen) atoms. The lowest BCUT2D eigenvalue weighted by Gasteiger charge is -2.08. The SMILES string of the molecule is O=C(Nc1ccc(Br)c(I)c1)c1c(F)cccc1Cl. The first-order valence-electron chi connectivity index (χ1n) is 5.19. The number of benzene rings is 2. The molecule has 0 heterocycles. The van der Waals surface area contributed by atoms with Crippen molar-refractivity contribution in [2.24, 2.45) is 0 Å². The van der Waals surface area contributed by atoms with Gasteiger partial charge in [0.1, 0.15) is 5.82 Å². The second-order valence-electron chi connectivity index (χ2n) is 3.68. The maximum absolute atomic E-state index is 13.6. The van der Waals surface area contributed by atoms with Gasteiger partial charge in [0.2, 0.25) is 0 Å². The molecule has 0 saturated carbocycles. The van der Waals surface area contributed by atoms with Gasteiger partial charge in [0, 0.05) is 13.7 Å². The van der Waals surface area contributed by atoms with Gasteiger partial charge in [-0.15, -0.1) is 0 Å². The van der Waals surface area contributed by atoms with E-state index in [-0.39, 0.29) is 10.6 Å². The largest absolute Gasteiger partial charge is 0.322 e. The molecule has 2 rings (SSSR count). The van der Waals surface area contributed by atoms with Crippen LogP contribution in [0.5, 0.6) is 0 Å². The molecular weight excluding hydrogens is 447 g/mol. The minimum absolute atomic E-state index is 0.0873. The van der Waals surface area contributed by atoms with Crippen LogP contribution in [-0.2, 0) is 0 Å². The maximum Gasteiger partial charge on any atom is 0.260 e. The zero-order valence-corrected chi connectivity index (χ0v) is 13.9. The Morgan fingerprint density at radius 1 is 1.32 bits per heavy atom. The van der Waals surface area contributed by atoms with E-state index in [9.17, 15) is 9.18 Å². The normalized spacial score (nSPS) is 10.3. The number of halogens is 4. The standard InChI is InChI=1S/C13H7BrClFINO/c14-8-5-4-7(6-11(8)17)18-13(19)12-9(15)2-1-3-10(12)16/h1-6H,(H,18,19). The van der Waals surface area contributed by atoms with E-state index in [2.05, 4.69) is 43.8 Å². The molecule has 0 aromatic heterocycles. The summed E-state index contributed by atoms with van der Waals surface area (Å²) in [5.74, 6) is -1.21. The summed E-state index contributed by atoms with van der Waals surface area (Å²) in [7, 11) is 0. The summed E-state index contributed by atoms with van der Waals surface area (Å²) in [5.41, 5.74) is 0.430. The van der Waals surface area contributed by atoms with Crippen molar-refractivity contribution >= 4 is 61.7 Å². The van der Waals surface area contributed by atoms with Crippen LogP contribution >= 0.6 is 50.1 Å². The van der Waals surface area contributed by atoms with Gasteiger partial charge in [-0.25, -0.2) is 4.39 Å². The minimum Gasteiger partial charge on any atom is -0.322 e. The van der Waals surface area contributed by atoms with E-state index in [1.54, 1.807) is 18.2 Å². The first-order chi connectivity index (χ1) is 8.99. The average molecular weight is 454 g/mol. The number of hydrogen-bond donors (Lipinski definition) is 1. The molecule has 0 saturated heterocycles. The molecule has 0 bridgehead atoms. The van der Waals surface area contributed by atoms with Crippen LogP contribution in [0.2, 0.25) is 5.02 Å². The predicted molar refractivity (Wildman–Crippen MR) is 86.2 cm³/mol. The fourth-order valence-electron chi connectivity index (χ4n) is 1.48. The number of carbonyl (C=O) groups is 1. The molecule has 0 atom stereocenters. The fourth-order valence-corrected chi connectivity index (χ4v) is 2.49. The highest BCUT2D eigenvalue weighted by atomic mass is 127. The Balaban J connectivity index is 2.28. The molecule has 1 amide bonds. The zero-order valence-electron chi connectivity index (χ0n) is 9.38. The minimum atomic E-state index is -0.642. The Hall–Kier alpha value is -0.660. The van der Waals surface area contributed by atoms with E-state index >= 15 is 0 Å². The molecular formula is C13H7BrClFINO. The molecule has 0 spiro atoms. The van der Waals surface area contributed by atoms with Crippen LogP contribution in [0.3, 0.4) is 0 Å². The molecule has 0 aliphatic carbocycles. The van der Waals surface area contributed by atoms with Crippen molar-refractivity contribution in [1.29, 1.82) is 0 Å². The predicted octanol–water partition coefficient (Wildman–Crippen LogP) is 5.10. The van der Waals surface area contributed by atoms with E-state index in [1.165, 1.54) is 18.2 Å². The van der Waals surface area contributed by atoms with Gasteiger partial charge in [-0.05, 0) is 68.9 Å². The van der Waals surface area contributed by atoms with Crippen molar-refractivity contribution in [2.45, 2.75) is 0 Å². The van der Waals surface area contributed by atoms with Crippen LogP contribution in [0.15, 0.2) is 40.9 Å². The monoisotopic (exact) mass is 453 g/mol. The van der Waals surface area contributed by atoms with Crippen molar-refractivity contribution in [1.82, 2.24) is 0 Å². The summed E-state index contributed by atoms with van der Waals surface area (Å²) in [6, 6.07) is 9.44. The van der Waals surface area contributed by atoms with E-state index < -0.39 is 11.7 Å². The van der Waals surface area contributed by atoms with E-state index in [1.807, 2.05) is 0 Å². The fraction of sp³-hybridized carbons (Fsp3) is 0. The molecule has 0 radical (unpaired) electrons. The Bertz CT molecular complexity index is 630. The first kappa shape index (κ1) is 14.7. The third kappa shape index (κ3) is 3.46. The van der Waals surface area contributed by atoms with Crippen molar-refractivity contribution in [3.8, 4) is 0 Å². The van der Waals surface area contributed by atoms with Gasteiger partial charge in [-0.2, -0.15) is 0 Å². The van der Waals surface area contributed by atoms with Crippen molar-refractivity contribution < 1.29 is 9.18 Å². The average Bonchev–Trinajstić information content (AvgIpc) is 2.33. The summed E-state index contributed by atoms with van der Waals surface area (Å²) in [6.07, 6.45) is 0. The lowest BCUT2D eigenvalue weighted by Crippen LogP contribution is -2.14. The van der Waals surface area contributed by atoms with Gasteiger partial charge in [0.15, 0.2) is 0 Å². The number of nitrogens with one attached hydrogen (secondary N) is 1. The molecule has 98 valence electrons. The maximum atomic E-state index is 13.6. The first-order valence-corrected chi connectivity index (χ1v) is 7.44.